The van der Waals surface area contributed by atoms with E-state index in [4.69, 9.17) is 0 Å². The molecule has 0 atom stereocenters. The van der Waals surface area contributed by atoms with Crippen LogP contribution in [0.3, 0.4) is 0 Å². The normalized spacial score (nSPS) is 17.6. The molecule has 0 N–H and O–H groups in total. The maximum atomic E-state index is 3.90. The molecule has 0 saturated heterocycles. The Morgan fingerprint density at radius 3 is 1.67 bits per heavy atom. The quantitative estimate of drug-likeness (QED) is 0.108. The Balaban J connectivity index is 1.48. The third-order valence-corrected chi connectivity index (χ3v) is 17.7. The van der Waals surface area contributed by atoms with Crippen molar-refractivity contribution in [2.24, 2.45) is 0 Å². The number of fused-ring (bicyclic) bond motifs is 3. The van der Waals surface area contributed by atoms with Crippen LogP contribution in [-0.4, -0.2) is 0 Å². The molecule has 245 valence electrons. The summed E-state index contributed by atoms with van der Waals surface area (Å²) in [5.74, 6) is 0. The number of thiophene rings is 2. The molecule has 5 aromatic rings. The molecular formula is C45H41OsPS2+. The van der Waals surface area contributed by atoms with Gasteiger partial charge in [-0.25, -0.2) is 0 Å². The first-order chi connectivity index (χ1) is 23.9. The van der Waals surface area contributed by atoms with Crippen molar-refractivity contribution in [2.75, 3.05) is 0 Å². The zero-order valence-electron chi connectivity index (χ0n) is 28.5. The standard InChI is InChI=1S/C45H41PS2.Os/c1-6-18-39-30-41-43(47-39)44-42(45(41,4)5)31-40(48-44)28-27-34(29-35-20-17-19-33(35)7-2)32(3)46(36-21-11-8-12-22-36,37-23-13-9-14-24-37)38-25-15-10-16-26-38;/h6-16,18,21-31H,17,19-20H2,1-2,4-5H3;/q+1;/b18-6+,28-27+,33-7?,34-32?,35-29?;. The summed E-state index contributed by atoms with van der Waals surface area (Å²) >= 11 is 5.73. The fraction of sp³-hybridized carbons (Fsp3) is 0.178. The minimum absolute atomic E-state index is 0.000765. The van der Waals surface area contributed by atoms with Gasteiger partial charge in [0, 0.05) is 0 Å². The van der Waals surface area contributed by atoms with Crippen molar-refractivity contribution in [3.05, 3.63) is 170 Å². The fourth-order valence-corrected chi connectivity index (χ4v) is 16.0. The van der Waals surface area contributed by atoms with Gasteiger partial charge in [-0.1, -0.05) is 6.08 Å². The van der Waals surface area contributed by atoms with Crippen LogP contribution in [0, 0.1) is 4.37 Å². The van der Waals surface area contributed by atoms with E-state index in [2.05, 4.69) is 172 Å². The van der Waals surface area contributed by atoms with Gasteiger partial charge in [-0.2, -0.15) is 0 Å². The maximum absolute atomic E-state index is 3.90. The van der Waals surface area contributed by atoms with Gasteiger partial charge in [0.2, 0.25) is 0 Å². The monoisotopic (exact) mass is 868 g/mol. The van der Waals surface area contributed by atoms with Gasteiger partial charge >= 0.3 is 300 Å². The SMILES string of the molecule is CC=C1CCCC1=CC(/C=C/c1cc2c(s1)-c1sc(/C=C/C)cc1C2(C)C)=C([C]#[Os])[P+](c1ccccc1)(c1ccccc1)c1ccccc1. The number of allylic oxidation sites excluding steroid dienone is 8. The molecule has 1 saturated carbocycles. The molecule has 0 unspecified atom stereocenters. The Morgan fingerprint density at radius 2 is 1.20 bits per heavy atom. The molecule has 0 spiro atoms. The Kier molecular flexibility index (Phi) is 10.1. The van der Waals surface area contributed by atoms with E-state index in [1.807, 2.05) is 40.6 Å². The topological polar surface area (TPSA) is 0 Å². The third-order valence-electron chi connectivity index (χ3n) is 9.92. The van der Waals surface area contributed by atoms with Gasteiger partial charge in [-0.3, -0.25) is 0 Å². The molecule has 7 rings (SSSR count). The molecule has 2 aliphatic rings. The van der Waals surface area contributed by atoms with Gasteiger partial charge in [0.25, 0.3) is 0 Å². The van der Waals surface area contributed by atoms with Crippen molar-refractivity contribution < 1.29 is 17.9 Å². The fourth-order valence-electron chi connectivity index (χ4n) is 7.49. The van der Waals surface area contributed by atoms with Crippen LogP contribution in [0.4, 0.5) is 0 Å². The molecule has 0 radical (unpaired) electrons. The molecule has 4 heteroatoms. The molecule has 2 aliphatic carbocycles. The molecule has 0 amide bonds. The first-order valence-corrected chi connectivity index (χ1v) is 21.7. The van der Waals surface area contributed by atoms with E-state index >= 15 is 0 Å². The van der Waals surface area contributed by atoms with Gasteiger partial charge in [-0.15, -0.1) is 0 Å². The predicted molar refractivity (Wildman–Crippen MR) is 215 cm³/mol. The second kappa shape index (κ2) is 14.5. The van der Waals surface area contributed by atoms with Crippen molar-refractivity contribution in [1.29, 1.82) is 0 Å². The Bertz CT molecular complexity index is 2090. The van der Waals surface area contributed by atoms with Crippen LogP contribution in [0.25, 0.3) is 21.9 Å². The van der Waals surface area contributed by atoms with Crippen molar-refractivity contribution in [3.63, 3.8) is 0 Å². The van der Waals surface area contributed by atoms with Crippen LogP contribution < -0.4 is 15.9 Å². The summed E-state index contributed by atoms with van der Waals surface area (Å²) in [6.07, 6.45) is 17.5. The number of hydrogen-bond acceptors (Lipinski definition) is 2. The summed E-state index contributed by atoms with van der Waals surface area (Å²) in [7, 11) is -2.33. The van der Waals surface area contributed by atoms with E-state index < -0.39 is 7.26 Å². The Hall–Kier alpha value is -3.39. The Labute approximate surface area is 310 Å². The van der Waals surface area contributed by atoms with Crippen LogP contribution >= 0.6 is 29.9 Å². The first kappa shape index (κ1) is 34.1. The third kappa shape index (κ3) is 6.16. The zero-order chi connectivity index (χ0) is 34.0. The molecule has 2 heterocycles. The van der Waals surface area contributed by atoms with Gasteiger partial charge < -0.3 is 0 Å². The van der Waals surface area contributed by atoms with Crippen LogP contribution in [0.15, 0.2) is 149 Å². The van der Waals surface area contributed by atoms with E-state index in [0.717, 1.165) is 12.8 Å². The molecule has 0 bridgehead atoms. The van der Waals surface area contributed by atoms with Gasteiger partial charge in [-0.05, 0) is 6.92 Å². The second-order valence-electron chi connectivity index (χ2n) is 13.1. The summed E-state index contributed by atoms with van der Waals surface area (Å²) in [5.41, 5.74) is 7.12. The van der Waals surface area contributed by atoms with Gasteiger partial charge in [0.15, 0.2) is 0 Å². The van der Waals surface area contributed by atoms with Crippen LogP contribution in [0.1, 0.15) is 67.8 Å². The van der Waals surface area contributed by atoms with Gasteiger partial charge in [0.05, 0.1) is 0 Å². The predicted octanol–water partition coefficient (Wildman–Crippen LogP) is 12.0. The number of rotatable bonds is 8. The summed E-state index contributed by atoms with van der Waals surface area (Å²) in [6.45, 7) is 9.07. The van der Waals surface area contributed by atoms with E-state index in [1.54, 1.807) is 0 Å². The Morgan fingerprint density at radius 1 is 0.714 bits per heavy atom. The van der Waals surface area contributed by atoms with Crippen molar-refractivity contribution in [1.82, 2.24) is 0 Å². The number of hydrogen-bond donors (Lipinski definition) is 0. The first-order valence-electron chi connectivity index (χ1n) is 17.0. The van der Waals surface area contributed by atoms with E-state index in [0.29, 0.717) is 0 Å². The van der Waals surface area contributed by atoms with E-state index in [-0.39, 0.29) is 5.41 Å². The van der Waals surface area contributed by atoms with Crippen molar-refractivity contribution >= 4 is 58.0 Å². The minimum atomic E-state index is -2.33. The molecule has 1 fully saturated rings. The van der Waals surface area contributed by atoms with E-state index in [9.17, 15) is 0 Å². The van der Waals surface area contributed by atoms with E-state index in [1.165, 1.54) is 75.0 Å². The molecule has 0 aliphatic heterocycles. The number of benzene rings is 3. The molecule has 0 nitrogen and oxygen atoms in total. The second-order valence-corrected chi connectivity index (χ2v) is 19.3. The summed E-state index contributed by atoms with van der Waals surface area (Å²) in [6, 6.07) is 38.5. The molecule has 49 heavy (non-hydrogen) atoms. The molecule has 2 aromatic heterocycles. The molecule has 3 aromatic carbocycles. The van der Waals surface area contributed by atoms with Crippen molar-refractivity contribution in [3.8, 4) is 14.1 Å². The average molecular weight is 867 g/mol. The zero-order valence-corrected chi connectivity index (χ0v) is 33.6. The molecular weight excluding hydrogens is 826 g/mol. The van der Waals surface area contributed by atoms with Crippen LogP contribution in [0.5, 0.6) is 0 Å². The summed E-state index contributed by atoms with van der Waals surface area (Å²) in [4.78, 5) is 5.52. The van der Waals surface area contributed by atoms with Crippen LogP contribution in [0.2, 0.25) is 0 Å². The van der Waals surface area contributed by atoms with Crippen LogP contribution in [-0.2, 0) is 23.4 Å². The summed E-state index contributed by atoms with van der Waals surface area (Å²) < 4.78 is 3.90. The average Bonchev–Trinajstić information content (AvgIpc) is 3.92. The van der Waals surface area contributed by atoms with Gasteiger partial charge in [0.1, 0.15) is 0 Å². The van der Waals surface area contributed by atoms with Crippen molar-refractivity contribution in [2.45, 2.75) is 52.4 Å². The summed E-state index contributed by atoms with van der Waals surface area (Å²) in [5, 5.41) is 5.34.